The predicted molar refractivity (Wildman–Crippen MR) is 80.6 cm³/mol. The summed E-state index contributed by atoms with van der Waals surface area (Å²) in [6.45, 7) is -0.120. The third-order valence-electron chi connectivity index (χ3n) is 3.83. The normalized spacial score (nSPS) is 16.5. The molecule has 118 valence electrons. The van der Waals surface area contributed by atoms with Crippen molar-refractivity contribution >= 4 is 15.7 Å². The van der Waals surface area contributed by atoms with E-state index >= 15 is 0 Å². The topological polar surface area (TPSA) is 92.9 Å². The van der Waals surface area contributed by atoms with Crippen LogP contribution in [0.3, 0.4) is 0 Å². The van der Waals surface area contributed by atoms with Crippen LogP contribution in [0.25, 0.3) is 0 Å². The molecule has 0 spiro atoms. The van der Waals surface area contributed by atoms with Crippen molar-refractivity contribution in [2.75, 3.05) is 26.0 Å². The Balaban J connectivity index is 2.44. The van der Waals surface area contributed by atoms with Crippen LogP contribution >= 0.6 is 0 Å². The molecule has 6 nitrogen and oxygen atoms in total. The average molecular weight is 314 g/mol. The number of nitrogens with two attached hydrogens (primary N) is 1. The first-order chi connectivity index (χ1) is 10.0. The Morgan fingerprint density at radius 2 is 2.05 bits per heavy atom. The summed E-state index contributed by atoms with van der Waals surface area (Å²) in [5.41, 5.74) is 6.08. The van der Waals surface area contributed by atoms with Crippen LogP contribution in [0.15, 0.2) is 23.1 Å². The van der Waals surface area contributed by atoms with Gasteiger partial charge >= 0.3 is 0 Å². The molecule has 1 saturated carbocycles. The molecule has 0 amide bonds. The monoisotopic (exact) mass is 314 g/mol. The fourth-order valence-electron chi connectivity index (χ4n) is 2.81. The minimum absolute atomic E-state index is 0.0605. The lowest BCUT2D eigenvalue weighted by Gasteiger charge is -2.28. The number of nitrogen functional groups attached to an aromatic ring is 1. The Kier molecular flexibility index (Phi) is 5.08. The molecule has 2 rings (SSSR count). The number of ether oxygens (including phenoxy) is 1. The van der Waals surface area contributed by atoms with Crippen LogP contribution in [0.5, 0.6) is 5.75 Å². The van der Waals surface area contributed by atoms with E-state index in [9.17, 15) is 13.5 Å². The Labute approximate surface area is 125 Å². The molecular weight excluding hydrogens is 292 g/mol. The van der Waals surface area contributed by atoms with E-state index in [1.807, 2.05) is 0 Å². The van der Waals surface area contributed by atoms with Crippen LogP contribution in [-0.4, -0.2) is 44.1 Å². The minimum atomic E-state index is -3.74. The molecule has 0 aromatic heterocycles. The maximum Gasteiger partial charge on any atom is 0.247 e. The van der Waals surface area contributed by atoms with Crippen LogP contribution in [0.4, 0.5) is 5.69 Å². The van der Waals surface area contributed by atoms with E-state index in [0.29, 0.717) is 5.69 Å². The molecule has 0 radical (unpaired) electrons. The van der Waals surface area contributed by atoms with Gasteiger partial charge in [-0.1, -0.05) is 12.8 Å². The highest BCUT2D eigenvalue weighted by molar-refractivity contribution is 7.89. The molecule has 21 heavy (non-hydrogen) atoms. The van der Waals surface area contributed by atoms with Crippen LogP contribution in [0, 0.1) is 0 Å². The highest BCUT2D eigenvalue weighted by Gasteiger charge is 2.34. The van der Waals surface area contributed by atoms with Gasteiger partial charge in [0.05, 0.1) is 13.7 Å². The Morgan fingerprint density at radius 1 is 1.38 bits per heavy atom. The minimum Gasteiger partial charge on any atom is -0.495 e. The summed E-state index contributed by atoms with van der Waals surface area (Å²) in [6, 6.07) is 4.50. The van der Waals surface area contributed by atoms with Crippen LogP contribution < -0.4 is 10.5 Å². The predicted octanol–water partition coefficient (Wildman–Crippen LogP) is 1.20. The molecule has 0 unspecified atom stereocenters. The number of aliphatic hydroxyl groups excluding tert-OH is 1. The van der Waals surface area contributed by atoms with Gasteiger partial charge in [0.2, 0.25) is 10.0 Å². The largest absolute Gasteiger partial charge is 0.495 e. The zero-order chi connectivity index (χ0) is 15.5. The molecule has 0 bridgehead atoms. The molecule has 1 aliphatic rings. The zero-order valence-electron chi connectivity index (χ0n) is 12.2. The van der Waals surface area contributed by atoms with Gasteiger partial charge in [-0.3, -0.25) is 0 Å². The third kappa shape index (κ3) is 3.30. The van der Waals surface area contributed by atoms with Crippen molar-refractivity contribution < 1.29 is 18.3 Å². The van der Waals surface area contributed by atoms with Crippen LogP contribution in [0.2, 0.25) is 0 Å². The second kappa shape index (κ2) is 6.64. The first-order valence-electron chi connectivity index (χ1n) is 7.07. The molecule has 0 atom stereocenters. The second-order valence-corrected chi connectivity index (χ2v) is 7.05. The van der Waals surface area contributed by atoms with Crippen molar-refractivity contribution in [1.82, 2.24) is 4.31 Å². The number of aliphatic hydroxyl groups is 1. The van der Waals surface area contributed by atoms with Gasteiger partial charge < -0.3 is 15.6 Å². The number of methoxy groups -OCH3 is 1. The maximum atomic E-state index is 12.9. The van der Waals surface area contributed by atoms with Crippen molar-refractivity contribution in [3.63, 3.8) is 0 Å². The second-order valence-electron chi connectivity index (χ2n) is 5.19. The lowest BCUT2D eigenvalue weighted by molar-refractivity contribution is 0.226. The van der Waals surface area contributed by atoms with Gasteiger partial charge in [-0.2, -0.15) is 4.31 Å². The molecule has 1 aliphatic carbocycles. The quantitative estimate of drug-likeness (QED) is 0.770. The van der Waals surface area contributed by atoms with E-state index in [2.05, 4.69) is 0 Å². The molecule has 7 heteroatoms. The molecule has 0 aliphatic heterocycles. The van der Waals surface area contributed by atoms with E-state index in [1.54, 1.807) is 12.1 Å². The van der Waals surface area contributed by atoms with Gasteiger partial charge in [0.15, 0.2) is 0 Å². The number of hydrogen-bond donors (Lipinski definition) is 2. The first kappa shape index (κ1) is 16.1. The zero-order valence-corrected chi connectivity index (χ0v) is 13.0. The molecule has 1 fully saturated rings. The summed E-state index contributed by atoms with van der Waals surface area (Å²) < 4.78 is 32.4. The van der Waals surface area contributed by atoms with Crippen molar-refractivity contribution in [3.8, 4) is 5.75 Å². The fraction of sp³-hybridized carbons (Fsp3) is 0.571. The van der Waals surface area contributed by atoms with E-state index in [0.717, 1.165) is 25.7 Å². The number of sulfonamides is 1. The van der Waals surface area contributed by atoms with Crippen molar-refractivity contribution in [2.45, 2.75) is 36.6 Å². The van der Waals surface area contributed by atoms with Crippen LogP contribution in [0.1, 0.15) is 25.7 Å². The number of hydrogen-bond acceptors (Lipinski definition) is 5. The molecule has 1 aromatic carbocycles. The third-order valence-corrected chi connectivity index (χ3v) is 5.80. The van der Waals surface area contributed by atoms with E-state index < -0.39 is 10.0 Å². The number of anilines is 1. The summed E-state index contributed by atoms with van der Waals surface area (Å²) in [5.74, 6) is 0.269. The summed E-state index contributed by atoms with van der Waals surface area (Å²) >= 11 is 0. The highest BCUT2D eigenvalue weighted by Crippen LogP contribution is 2.33. The van der Waals surface area contributed by atoms with Crippen molar-refractivity contribution in [1.29, 1.82) is 0 Å². The molecular formula is C14H22N2O4S. The summed E-state index contributed by atoms with van der Waals surface area (Å²) in [5, 5.41) is 9.23. The maximum absolute atomic E-state index is 12.9. The van der Waals surface area contributed by atoms with Gasteiger partial charge in [-0.15, -0.1) is 0 Å². The van der Waals surface area contributed by atoms with Crippen molar-refractivity contribution in [2.24, 2.45) is 0 Å². The Hall–Kier alpha value is -1.31. The smallest absolute Gasteiger partial charge is 0.247 e. The van der Waals surface area contributed by atoms with E-state index in [-0.39, 0.29) is 29.8 Å². The van der Waals surface area contributed by atoms with E-state index in [1.165, 1.54) is 17.5 Å². The molecule has 0 heterocycles. The number of nitrogens with zero attached hydrogens (tertiary/aromatic N) is 1. The summed E-state index contributed by atoms with van der Waals surface area (Å²) in [7, 11) is -2.32. The Morgan fingerprint density at radius 3 is 2.62 bits per heavy atom. The average Bonchev–Trinajstić information content (AvgIpc) is 2.98. The van der Waals surface area contributed by atoms with Crippen molar-refractivity contribution in [3.05, 3.63) is 18.2 Å². The van der Waals surface area contributed by atoms with E-state index in [4.69, 9.17) is 10.5 Å². The lowest BCUT2D eigenvalue weighted by Crippen LogP contribution is -2.40. The molecule has 3 N–H and O–H groups in total. The Bertz CT molecular complexity index is 583. The van der Waals surface area contributed by atoms with Gasteiger partial charge in [-0.25, -0.2) is 8.42 Å². The summed E-state index contributed by atoms with van der Waals surface area (Å²) in [6.07, 6.45) is 3.67. The number of rotatable bonds is 6. The first-order valence-corrected chi connectivity index (χ1v) is 8.51. The van der Waals surface area contributed by atoms with Gasteiger partial charge in [0.25, 0.3) is 0 Å². The fourth-order valence-corrected chi connectivity index (χ4v) is 4.68. The van der Waals surface area contributed by atoms with Crippen LogP contribution in [-0.2, 0) is 10.0 Å². The summed E-state index contributed by atoms with van der Waals surface area (Å²) in [4.78, 5) is 0.0605. The molecule has 0 saturated heterocycles. The standard InChI is InChI=1S/C14H22N2O4S/c1-20-13-7-6-11(15)10-14(13)21(18,19)16(8-9-17)12-4-2-3-5-12/h6-7,10,12,17H,2-5,8-9,15H2,1H3. The molecule has 1 aromatic rings. The van der Waals surface area contributed by atoms with Gasteiger partial charge in [0.1, 0.15) is 10.6 Å². The number of benzene rings is 1. The van der Waals surface area contributed by atoms with Gasteiger partial charge in [0, 0.05) is 18.3 Å². The SMILES string of the molecule is COc1ccc(N)cc1S(=O)(=O)N(CCO)C1CCCC1. The highest BCUT2D eigenvalue weighted by atomic mass is 32.2. The van der Waals surface area contributed by atoms with Gasteiger partial charge in [-0.05, 0) is 31.0 Å². The lowest BCUT2D eigenvalue weighted by atomic mass is 10.2.